The van der Waals surface area contributed by atoms with Crippen LogP contribution in [0.25, 0.3) is 0 Å². The predicted molar refractivity (Wildman–Crippen MR) is 68.2 cm³/mol. The van der Waals surface area contributed by atoms with E-state index in [-0.39, 0.29) is 11.3 Å². The summed E-state index contributed by atoms with van der Waals surface area (Å²) in [6.45, 7) is 5.63. The number of nitrogens with one attached hydrogen (secondary N) is 1. The van der Waals surface area contributed by atoms with E-state index < -0.39 is 5.91 Å². The highest BCUT2D eigenvalue weighted by atomic mass is 16.5. The second-order valence-electron chi connectivity index (χ2n) is 4.67. The molecule has 0 spiro atoms. The van der Waals surface area contributed by atoms with Gasteiger partial charge in [-0.25, -0.2) is 10.5 Å². The number of hydrogen-bond donors (Lipinski definition) is 2. The molecule has 1 aromatic rings. The average Bonchev–Trinajstić information content (AvgIpc) is 2.86. The number of nitrogen functional groups attached to an aromatic ring is 1. The number of hydrazine groups is 1. The van der Waals surface area contributed by atoms with Crippen LogP contribution in [-0.4, -0.2) is 46.8 Å². The van der Waals surface area contributed by atoms with Gasteiger partial charge in [-0.15, -0.1) is 5.10 Å². The third kappa shape index (κ3) is 5.33. The highest BCUT2D eigenvalue weighted by Crippen LogP contribution is 2.12. The number of ether oxygens (including phenoxy) is 2. The van der Waals surface area contributed by atoms with Crippen molar-refractivity contribution < 1.29 is 14.3 Å². The van der Waals surface area contributed by atoms with E-state index >= 15 is 0 Å². The van der Waals surface area contributed by atoms with Crippen LogP contribution < -0.4 is 11.3 Å². The number of aromatic nitrogens is 3. The van der Waals surface area contributed by atoms with Gasteiger partial charge >= 0.3 is 0 Å². The number of carbonyl (C=O) groups is 1. The number of nitrogens with two attached hydrogens (primary N) is 1. The van der Waals surface area contributed by atoms with Crippen molar-refractivity contribution >= 4 is 5.91 Å². The van der Waals surface area contributed by atoms with Gasteiger partial charge in [0.25, 0.3) is 5.91 Å². The van der Waals surface area contributed by atoms with Crippen molar-refractivity contribution in [2.24, 2.45) is 5.84 Å². The van der Waals surface area contributed by atoms with Crippen LogP contribution in [-0.2, 0) is 16.0 Å². The standard InChI is InChI=1S/C11H21N5O3/c1-11(2,18-3)4-6-19-7-5-16-8-9(14-15-16)10(17)13-12/h8H,4-7,12H2,1-3H3,(H,13,17). The van der Waals surface area contributed by atoms with Gasteiger partial charge in [-0.3, -0.25) is 10.2 Å². The smallest absolute Gasteiger partial charge is 0.287 e. The first-order chi connectivity index (χ1) is 8.98. The summed E-state index contributed by atoms with van der Waals surface area (Å²) in [7, 11) is 1.68. The Hall–Kier alpha value is -1.51. The van der Waals surface area contributed by atoms with Crippen molar-refractivity contribution in [2.45, 2.75) is 32.4 Å². The van der Waals surface area contributed by atoms with E-state index in [0.29, 0.717) is 19.8 Å². The molecule has 0 saturated heterocycles. The van der Waals surface area contributed by atoms with Crippen LogP contribution in [0.5, 0.6) is 0 Å². The van der Waals surface area contributed by atoms with Crippen molar-refractivity contribution in [1.82, 2.24) is 20.4 Å². The van der Waals surface area contributed by atoms with E-state index in [0.717, 1.165) is 6.42 Å². The quantitative estimate of drug-likeness (QED) is 0.291. The minimum atomic E-state index is -0.464. The van der Waals surface area contributed by atoms with Crippen molar-refractivity contribution in [2.75, 3.05) is 20.3 Å². The molecule has 0 aromatic carbocycles. The fraction of sp³-hybridized carbons (Fsp3) is 0.727. The van der Waals surface area contributed by atoms with Gasteiger partial charge in [0, 0.05) is 13.7 Å². The fourth-order valence-electron chi connectivity index (χ4n) is 1.27. The molecule has 0 saturated carbocycles. The van der Waals surface area contributed by atoms with Gasteiger partial charge < -0.3 is 9.47 Å². The number of rotatable bonds is 8. The first kappa shape index (κ1) is 15.5. The molecule has 19 heavy (non-hydrogen) atoms. The molecule has 0 bridgehead atoms. The van der Waals surface area contributed by atoms with Gasteiger partial charge in [0.2, 0.25) is 0 Å². The Morgan fingerprint density at radius 2 is 2.26 bits per heavy atom. The van der Waals surface area contributed by atoms with E-state index in [1.54, 1.807) is 7.11 Å². The monoisotopic (exact) mass is 271 g/mol. The molecule has 1 heterocycles. The largest absolute Gasteiger partial charge is 0.379 e. The summed E-state index contributed by atoms with van der Waals surface area (Å²) in [5.74, 6) is 4.53. The van der Waals surface area contributed by atoms with Gasteiger partial charge in [-0.2, -0.15) is 0 Å². The van der Waals surface area contributed by atoms with Crippen LogP contribution in [0.1, 0.15) is 30.8 Å². The Balaban J connectivity index is 2.23. The molecule has 0 aliphatic rings. The lowest BCUT2D eigenvalue weighted by atomic mass is 10.1. The molecular formula is C11H21N5O3. The number of amides is 1. The third-order valence-electron chi connectivity index (χ3n) is 2.77. The van der Waals surface area contributed by atoms with Gasteiger partial charge in [-0.05, 0) is 20.3 Å². The third-order valence-corrected chi connectivity index (χ3v) is 2.77. The molecule has 0 aliphatic carbocycles. The molecule has 1 amide bonds. The zero-order chi connectivity index (χ0) is 14.3. The Bertz CT molecular complexity index is 405. The van der Waals surface area contributed by atoms with Crippen LogP contribution in [0.15, 0.2) is 6.20 Å². The zero-order valence-corrected chi connectivity index (χ0v) is 11.5. The van der Waals surface area contributed by atoms with Crippen molar-refractivity contribution in [3.05, 3.63) is 11.9 Å². The lowest BCUT2D eigenvalue weighted by Crippen LogP contribution is -2.30. The van der Waals surface area contributed by atoms with Gasteiger partial charge in [0.05, 0.1) is 24.9 Å². The van der Waals surface area contributed by atoms with Crippen LogP contribution in [0.2, 0.25) is 0 Å². The number of methoxy groups -OCH3 is 1. The van der Waals surface area contributed by atoms with E-state index in [2.05, 4.69) is 10.3 Å². The summed E-state index contributed by atoms with van der Waals surface area (Å²) < 4.78 is 12.3. The SMILES string of the molecule is COC(C)(C)CCOCCn1cc(C(=O)NN)nn1. The predicted octanol–water partition coefficient (Wildman–Crippen LogP) is -0.287. The first-order valence-electron chi connectivity index (χ1n) is 6.02. The molecule has 0 fully saturated rings. The Kier molecular flexibility index (Phi) is 5.87. The van der Waals surface area contributed by atoms with Crippen molar-refractivity contribution in [3.8, 4) is 0 Å². The van der Waals surface area contributed by atoms with Crippen LogP contribution in [0.4, 0.5) is 0 Å². The lowest BCUT2D eigenvalue weighted by Gasteiger charge is -2.22. The van der Waals surface area contributed by atoms with Crippen LogP contribution in [0.3, 0.4) is 0 Å². The molecule has 8 heteroatoms. The first-order valence-corrected chi connectivity index (χ1v) is 6.02. The summed E-state index contributed by atoms with van der Waals surface area (Å²) in [5, 5.41) is 7.48. The van der Waals surface area contributed by atoms with Gasteiger partial charge in [-0.1, -0.05) is 5.21 Å². The molecule has 0 unspecified atom stereocenters. The van der Waals surface area contributed by atoms with Crippen LogP contribution >= 0.6 is 0 Å². The zero-order valence-electron chi connectivity index (χ0n) is 11.5. The second-order valence-corrected chi connectivity index (χ2v) is 4.67. The van der Waals surface area contributed by atoms with E-state index in [4.69, 9.17) is 15.3 Å². The summed E-state index contributed by atoms with van der Waals surface area (Å²) in [6, 6.07) is 0. The van der Waals surface area contributed by atoms with E-state index in [1.165, 1.54) is 10.9 Å². The Labute approximate surface area is 112 Å². The molecular weight excluding hydrogens is 250 g/mol. The molecule has 0 atom stereocenters. The Morgan fingerprint density at radius 1 is 1.53 bits per heavy atom. The topological polar surface area (TPSA) is 104 Å². The minimum absolute atomic E-state index is 0.181. The summed E-state index contributed by atoms with van der Waals surface area (Å²) in [4.78, 5) is 11.1. The van der Waals surface area contributed by atoms with Crippen molar-refractivity contribution in [3.63, 3.8) is 0 Å². The second kappa shape index (κ2) is 7.17. The lowest BCUT2D eigenvalue weighted by molar-refractivity contribution is -0.0108. The van der Waals surface area contributed by atoms with Crippen molar-refractivity contribution in [1.29, 1.82) is 0 Å². The average molecular weight is 271 g/mol. The molecule has 0 aliphatic heterocycles. The summed E-state index contributed by atoms with van der Waals surface area (Å²) >= 11 is 0. The van der Waals surface area contributed by atoms with Crippen LogP contribution in [0, 0.1) is 0 Å². The molecule has 1 aromatic heterocycles. The number of carbonyl (C=O) groups excluding carboxylic acids is 1. The highest BCUT2D eigenvalue weighted by molar-refractivity contribution is 5.91. The van der Waals surface area contributed by atoms with E-state index in [1.807, 2.05) is 19.3 Å². The fourth-order valence-corrected chi connectivity index (χ4v) is 1.27. The highest BCUT2D eigenvalue weighted by Gasteiger charge is 2.15. The number of hydrogen-bond acceptors (Lipinski definition) is 6. The Morgan fingerprint density at radius 3 is 2.89 bits per heavy atom. The van der Waals surface area contributed by atoms with E-state index in [9.17, 15) is 4.79 Å². The minimum Gasteiger partial charge on any atom is -0.379 e. The maximum Gasteiger partial charge on any atom is 0.287 e. The molecule has 108 valence electrons. The normalized spacial score (nSPS) is 11.6. The van der Waals surface area contributed by atoms with Gasteiger partial charge in [0.15, 0.2) is 5.69 Å². The summed E-state index contributed by atoms with van der Waals surface area (Å²) in [5.41, 5.74) is 2.00. The molecule has 1 rings (SSSR count). The maximum atomic E-state index is 11.1. The molecule has 3 N–H and O–H groups in total. The maximum absolute atomic E-state index is 11.1. The van der Waals surface area contributed by atoms with Gasteiger partial charge in [0.1, 0.15) is 0 Å². The number of nitrogens with zero attached hydrogens (tertiary/aromatic N) is 3. The molecule has 8 nitrogen and oxygen atoms in total. The molecule has 0 radical (unpaired) electrons. The summed E-state index contributed by atoms with van der Waals surface area (Å²) in [6.07, 6.45) is 2.33.